The zero-order chi connectivity index (χ0) is 23.0. The number of rotatable bonds is 10. The topological polar surface area (TPSA) is 112 Å². The van der Waals surface area contributed by atoms with Crippen LogP contribution >= 0.6 is 0 Å². The molecule has 2 aromatic rings. The van der Waals surface area contributed by atoms with Crippen molar-refractivity contribution in [3.63, 3.8) is 0 Å². The van der Waals surface area contributed by atoms with E-state index in [1.54, 1.807) is 19.9 Å². The van der Waals surface area contributed by atoms with E-state index in [2.05, 4.69) is 15.8 Å². The highest BCUT2D eigenvalue weighted by Crippen LogP contribution is 2.17. The first-order valence-electron chi connectivity index (χ1n) is 10.3. The van der Waals surface area contributed by atoms with E-state index >= 15 is 0 Å². The Morgan fingerprint density at radius 2 is 1.55 bits per heavy atom. The number of hydrogen-bond acceptors (Lipinski definition) is 6. The summed E-state index contributed by atoms with van der Waals surface area (Å²) in [4.78, 5) is 26.9. The Balaban J connectivity index is 2.03. The molecule has 0 aliphatic rings. The molecule has 0 fully saturated rings. The van der Waals surface area contributed by atoms with Gasteiger partial charge in [-0.1, -0.05) is 33.8 Å². The predicted octanol–water partition coefficient (Wildman–Crippen LogP) is 2.23. The van der Waals surface area contributed by atoms with Crippen LogP contribution in [0.5, 0.6) is 0 Å². The van der Waals surface area contributed by atoms with Crippen LogP contribution in [-0.4, -0.2) is 55.6 Å². The van der Waals surface area contributed by atoms with Crippen molar-refractivity contribution in [3.8, 4) is 0 Å². The van der Waals surface area contributed by atoms with Crippen LogP contribution in [0.2, 0.25) is 0 Å². The maximum Gasteiger partial charge on any atom is 0.305 e. The number of carbonyl (C=O) groups excluding carboxylic acids is 2. The molecule has 2 N–H and O–H groups in total. The van der Waals surface area contributed by atoms with Crippen molar-refractivity contribution in [2.45, 2.75) is 39.1 Å². The number of nitrogens with one attached hydrogen (secondary N) is 2. The molecule has 1 heterocycles. The second kappa shape index (κ2) is 11.1. The summed E-state index contributed by atoms with van der Waals surface area (Å²) in [6.07, 6.45) is 0. The second-order valence-electron chi connectivity index (χ2n) is 6.75. The molecule has 9 nitrogen and oxygen atoms in total. The molecular formula is C21H30N4O5S. The first kappa shape index (κ1) is 24.6. The van der Waals surface area contributed by atoms with Crippen LogP contribution in [0.4, 0.5) is 0 Å². The molecule has 2 amide bonds. The Bertz CT molecular complexity index is 995. The van der Waals surface area contributed by atoms with Crippen molar-refractivity contribution >= 4 is 21.8 Å². The van der Waals surface area contributed by atoms with Gasteiger partial charge < -0.3 is 4.42 Å². The maximum absolute atomic E-state index is 12.7. The van der Waals surface area contributed by atoms with Crippen LogP contribution in [0.3, 0.4) is 0 Å². The first-order chi connectivity index (χ1) is 14.8. The third-order valence-electron chi connectivity index (χ3n) is 4.89. The molecule has 0 unspecified atom stereocenters. The van der Waals surface area contributed by atoms with Gasteiger partial charge in [0.2, 0.25) is 10.0 Å². The molecule has 0 aliphatic heterocycles. The lowest BCUT2D eigenvalue weighted by Gasteiger charge is -2.18. The molecule has 31 heavy (non-hydrogen) atoms. The van der Waals surface area contributed by atoms with E-state index < -0.39 is 21.8 Å². The van der Waals surface area contributed by atoms with Crippen molar-refractivity contribution in [2.24, 2.45) is 0 Å². The fourth-order valence-electron chi connectivity index (χ4n) is 3.01. The Hall–Kier alpha value is -2.69. The average Bonchev–Trinajstić information content (AvgIpc) is 3.25. The fraction of sp³-hybridized carbons (Fsp3) is 0.429. The van der Waals surface area contributed by atoms with Crippen LogP contribution in [0.1, 0.15) is 54.4 Å². The average molecular weight is 451 g/mol. The number of sulfonamides is 1. The first-order valence-corrected chi connectivity index (χ1v) is 11.7. The van der Waals surface area contributed by atoms with E-state index in [-0.39, 0.29) is 16.2 Å². The predicted molar refractivity (Wildman–Crippen MR) is 117 cm³/mol. The molecule has 0 spiro atoms. The van der Waals surface area contributed by atoms with E-state index in [1.807, 2.05) is 13.8 Å². The minimum Gasteiger partial charge on any atom is -0.454 e. The van der Waals surface area contributed by atoms with Crippen molar-refractivity contribution in [1.82, 2.24) is 20.1 Å². The number of hydrogen-bond donors (Lipinski definition) is 2. The van der Waals surface area contributed by atoms with E-state index in [4.69, 9.17) is 4.42 Å². The van der Waals surface area contributed by atoms with Gasteiger partial charge in [0.1, 0.15) is 5.76 Å². The molecular weight excluding hydrogens is 420 g/mol. The highest BCUT2D eigenvalue weighted by molar-refractivity contribution is 7.89. The quantitative estimate of drug-likeness (QED) is 0.537. The second-order valence-corrected chi connectivity index (χ2v) is 8.69. The summed E-state index contributed by atoms with van der Waals surface area (Å²) in [5.41, 5.74) is 4.68. The van der Waals surface area contributed by atoms with Gasteiger partial charge in [0.15, 0.2) is 5.76 Å². The number of furan rings is 1. The van der Waals surface area contributed by atoms with E-state index in [0.29, 0.717) is 25.4 Å². The molecule has 0 aliphatic carbocycles. The van der Waals surface area contributed by atoms with Crippen LogP contribution in [0.25, 0.3) is 0 Å². The van der Waals surface area contributed by atoms with Gasteiger partial charge in [-0.2, -0.15) is 4.31 Å². The number of carbonyl (C=O) groups is 2. The summed E-state index contributed by atoms with van der Waals surface area (Å²) in [6.45, 7) is 10.5. The summed E-state index contributed by atoms with van der Waals surface area (Å²) < 4.78 is 32.1. The minimum atomic E-state index is -3.70. The molecule has 1 aromatic carbocycles. The Kier molecular flexibility index (Phi) is 8.78. The van der Waals surface area contributed by atoms with Gasteiger partial charge in [0.05, 0.1) is 11.4 Å². The van der Waals surface area contributed by atoms with Crippen LogP contribution < -0.4 is 10.9 Å². The summed E-state index contributed by atoms with van der Waals surface area (Å²) >= 11 is 0. The highest BCUT2D eigenvalue weighted by Gasteiger charge is 2.22. The number of hydrazine groups is 1. The van der Waals surface area contributed by atoms with Gasteiger partial charge in [-0.25, -0.2) is 8.42 Å². The lowest BCUT2D eigenvalue weighted by atomic mass is 10.2. The zero-order valence-electron chi connectivity index (χ0n) is 18.3. The number of amides is 2. The van der Waals surface area contributed by atoms with Gasteiger partial charge in [0, 0.05) is 18.7 Å². The molecule has 170 valence electrons. The van der Waals surface area contributed by atoms with Crippen LogP contribution in [-0.2, 0) is 16.6 Å². The van der Waals surface area contributed by atoms with Crippen molar-refractivity contribution in [1.29, 1.82) is 0 Å². The van der Waals surface area contributed by atoms with Gasteiger partial charge >= 0.3 is 5.91 Å². The van der Waals surface area contributed by atoms with Crippen LogP contribution in [0.15, 0.2) is 45.7 Å². The number of benzene rings is 1. The zero-order valence-corrected chi connectivity index (χ0v) is 19.2. The maximum atomic E-state index is 12.7. The largest absolute Gasteiger partial charge is 0.454 e. The van der Waals surface area contributed by atoms with Crippen molar-refractivity contribution in [3.05, 3.63) is 53.5 Å². The van der Waals surface area contributed by atoms with Crippen molar-refractivity contribution in [2.75, 3.05) is 26.2 Å². The molecule has 0 bridgehead atoms. The summed E-state index contributed by atoms with van der Waals surface area (Å²) in [6, 6.07) is 8.93. The van der Waals surface area contributed by atoms with E-state index in [9.17, 15) is 18.0 Å². The Morgan fingerprint density at radius 1 is 0.903 bits per heavy atom. The van der Waals surface area contributed by atoms with Gasteiger partial charge in [0.25, 0.3) is 5.91 Å². The Morgan fingerprint density at radius 3 is 2.16 bits per heavy atom. The SMILES string of the molecule is CCN(CC)Cc1ccc(C(=O)NNC(=O)c2cccc(S(=O)(=O)N(CC)CC)c2)o1. The standard InChI is InChI=1S/C21H30N4O5S/c1-5-24(6-2)15-17-12-13-19(30-17)21(27)23-22-20(26)16-10-9-11-18(14-16)31(28,29)25(7-3)8-4/h9-14H,5-8,15H2,1-4H3,(H,22,26)(H,23,27). The molecule has 10 heteroatoms. The number of nitrogens with zero attached hydrogens (tertiary/aromatic N) is 2. The summed E-state index contributed by atoms with van der Waals surface area (Å²) in [5.74, 6) is -0.527. The minimum absolute atomic E-state index is 0.0160. The summed E-state index contributed by atoms with van der Waals surface area (Å²) in [7, 11) is -3.70. The fourth-order valence-corrected chi connectivity index (χ4v) is 4.51. The van der Waals surface area contributed by atoms with Gasteiger partial charge in [-0.3, -0.25) is 25.3 Å². The lowest BCUT2D eigenvalue weighted by Crippen LogP contribution is -2.41. The van der Waals surface area contributed by atoms with E-state index in [1.165, 1.54) is 34.6 Å². The smallest absolute Gasteiger partial charge is 0.305 e. The molecule has 0 atom stereocenters. The van der Waals surface area contributed by atoms with Crippen LogP contribution in [0, 0.1) is 0 Å². The Labute approximate surface area is 183 Å². The molecule has 0 radical (unpaired) electrons. The third kappa shape index (κ3) is 6.16. The van der Waals surface area contributed by atoms with E-state index in [0.717, 1.165) is 13.1 Å². The van der Waals surface area contributed by atoms with Gasteiger partial charge in [-0.05, 0) is 43.4 Å². The lowest BCUT2D eigenvalue weighted by molar-refractivity contribution is 0.0828. The monoisotopic (exact) mass is 450 g/mol. The van der Waals surface area contributed by atoms with Gasteiger partial charge in [-0.15, -0.1) is 0 Å². The van der Waals surface area contributed by atoms with Crippen molar-refractivity contribution < 1.29 is 22.4 Å². The molecule has 1 aromatic heterocycles. The summed E-state index contributed by atoms with van der Waals surface area (Å²) in [5, 5.41) is 0. The molecule has 2 rings (SSSR count). The highest BCUT2D eigenvalue weighted by atomic mass is 32.2. The molecule has 0 saturated carbocycles. The third-order valence-corrected chi connectivity index (χ3v) is 6.93. The normalized spacial score (nSPS) is 11.7. The molecule has 0 saturated heterocycles.